The van der Waals surface area contributed by atoms with Crippen molar-refractivity contribution >= 4 is 27.9 Å². The molecule has 4 aliphatic rings. The number of nitrogens with one attached hydrogen (secondary N) is 2. The number of imide groups is 1. The summed E-state index contributed by atoms with van der Waals surface area (Å²) in [5.74, 6) is 0.157. The molecule has 5 nitrogen and oxygen atoms in total. The predicted octanol–water partition coefficient (Wildman–Crippen LogP) is 2.17. The van der Waals surface area contributed by atoms with E-state index in [0.717, 1.165) is 16.6 Å². The largest absolute Gasteiger partial charge is 0.378 e. The van der Waals surface area contributed by atoms with Crippen molar-refractivity contribution in [2.45, 2.75) is 37.8 Å². The lowest BCUT2D eigenvalue weighted by atomic mass is 9.85. The number of dihydropyridines is 1. The van der Waals surface area contributed by atoms with Crippen LogP contribution >= 0.6 is 15.9 Å². The number of halogens is 1. The second-order valence-corrected chi connectivity index (χ2v) is 7.46. The molecule has 2 N–H and O–H groups in total. The molecule has 6 heteroatoms. The zero-order valence-electron chi connectivity index (χ0n) is 12.6. The number of carbonyl (C=O) groups is 2. The average molecular weight is 364 g/mol. The van der Waals surface area contributed by atoms with E-state index < -0.39 is 5.54 Å². The second-order valence-electron chi connectivity index (χ2n) is 6.66. The van der Waals surface area contributed by atoms with Gasteiger partial charge < -0.3 is 10.2 Å². The first-order valence-corrected chi connectivity index (χ1v) is 8.38. The molecule has 2 aliphatic heterocycles. The standard InChI is InChI=1S/C16H18BrN3O2/c1-8-3-4-9-5-10-6-16(14(21)19-15(22)20(16)2)7-11(10)12(17)13(9)18-8/h3-4,8,10,18H,5-7H2,1-2H3,(H,19,21,22)/t8?,10?,16-/m1/s1. The summed E-state index contributed by atoms with van der Waals surface area (Å²) >= 11 is 3.74. The molecule has 0 bridgehead atoms. The summed E-state index contributed by atoms with van der Waals surface area (Å²) < 4.78 is 1.08. The third kappa shape index (κ3) is 1.70. The molecule has 2 unspecified atom stereocenters. The quantitative estimate of drug-likeness (QED) is 0.648. The lowest BCUT2D eigenvalue weighted by Gasteiger charge is -2.30. The minimum Gasteiger partial charge on any atom is -0.378 e. The van der Waals surface area contributed by atoms with Crippen molar-refractivity contribution in [3.05, 3.63) is 33.5 Å². The number of allylic oxidation sites excluding steroid dienone is 3. The Kier molecular flexibility index (Phi) is 2.86. The number of hydrogen-bond acceptors (Lipinski definition) is 3. The molecular formula is C16H18BrN3O2. The number of nitrogens with zero attached hydrogens (tertiary/aromatic N) is 1. The van der Waals surface area contributed by atoms with Crippen molar-refractivity contribution in [1.29, 1.82) is 0 Å². The molecule has 22 heavy (non-hydrogen) atoms. The molecule has 2 fully saturated rings. The Morgan fingerprint density at radius 3 is 2.86 bits per heavy atom. The van der Waals surface area contributed by atoms with E-state index in [4.69, 9.17) is 0 Å². The fourth-order valence-electron chi connectivity index (χ4n) is 4.10. The third-order valence-corrected chi connectivity index (χ3v) is 6.30. The van der Waals surface area contributed by atoms with E-state index >= 15 is 0 Å². The van der Waals surface area contributed by atoms with Crippen molar-refractivity contribution in [2.75, 3.05) is 7.05 Å². The van der Waals surface area contributed by atoms with Gasteiger partial charge in [0.25, 0.3) is 5.91 Å². The van der Waals surface area contributed by atoms with Gasteiger partial charge in [-0.3, -0.25) is 10.1 Å². The number of fused-ring (bicyclic) bond motifs is 1. The lowest BCUT2D eigenvalue weighted by Crippen LogP contribution is -2.45. The zero-order valence-corrected chi connectivity index (χ0v) is 14.2. The van der Waals surface area contributed by atoms with E-state index in [1.165, 1.54) is 11.1 Å². The first-order chi connectivity index (χ1) is 10.4. The van der Waals surface area contributed by atoms with Crippen molar-refractivity contribution in [3.63, 3.8) is 0 Å². The number of amides is 3. The molecule has 1 saturated carbocycles. The smallest absolute Gasteiger partial charge is 0.324 e. The number of urea groups is 1. The maximum atomic E-state index is 12.4. The second kappa shape index (κ2) is 4.47. The van der Waals surface area contributed by atoms with Gasteiger partial charge in [0.15, 0.2) is 0 Å². The van der Waals surface area contributed by atoms with Gasteiger partial charge in [0.05, 0.1) is 5.70 Å². The van der Waals surface area contributed by atoms with Crippen LogP contribution in [-0.4, -0.2) is 35.5 Å². The normalized spacial score (nSPS) is 36.8. The molecule has 1 saturated heterocycles. The van der Waals surface area contributed by atoms with E-state index in [1.807, 2.05) is 0 Å². The van der Waals surface area contributed by atoms with Crippen LogP contribution in [0.5, 0.6) is 0 Å². The minimum atomic E-state index is -0.708. The highest BCUT2D eigenvalue weighted by molar-refractivity contribution is 9.12. The molecular weight excluding hydrogens is 346 g/mol. The zero-order chi connectivity index (χ0) is 15.6. The van der Waals surface area contributed by atoms with Crippen LogP contribution < -0.4 is 10.6 Å². The van der Waals surface area contributed by atoms with Gasteiger partial charge in [-0.25, -0.2) is 4.79 Å². The monoisotopic (exact) mass is 363 g/mol. The summed E-state index contributed by atoms with van der Waals surface area (Å²) in [6, 6.07) is 0.0163. The maximum absolute atomic E-state index is 12.4. The molecule has 0 aromatic rings. The van der Waals surface area contributed by atoms with E-state index in [1.54, 1.807) is 11.9 Å². The Balaban J connectivity index is 1.73. The molecule has 1 spiro atoms. The summed E-state index contributed by atoms with van der Waals surface area (Å²) in [7, 11) is 1.72. The van der Waals surface area contributed by atoms with E-state index in [-0.39, 0.29) is 11.9 Å². The third-order valence-electron chi connectivity index (χ3n) is 5.40. The number of hydrogen-bond donors (Lipinski definition) is 2. The summed E-state index contributed by atoms with van der Waals surface area (Å²) in [5.41, 5.74) is 2.97. The van der Waals surface area contributed by atoms with Gasteiger partial charge >= 0.3 is 6.03 Å². The summed E-state index contributed by atoms with van der Waals surface area (Å²) in [4.78, 5) is 25.8. The molecule has 0 aromatic heterocycles. The van der Waals surface area contributed by atoms with Crippen LogP contribution in [0.25, 0.3) is 0 Å². The molecule has 3 atom stereocenters. The van der Waals surface area contributed by atoms with Crippen molar-refractivity contribution in [2.24, 2.45) is 5.92 Å². The van der Waals surface area contributed by atoms with Crippen LogP contribution in [-0.2, 0) is 4.79 Å². The highest BCUT2D eigenvalue weighted by Gasteiger charge is 2.57. The Bertz CT molecular complexity index is 694. The molecule has 0 aromatic carbocycles. The summed E-state index contributed by atoms with van der Waals surface area (Å²) in [6.45, 7) is 2.12. The summed E-state index contributed by atoms with van der Waals surface area (Å²) in [5, 5.41) is 5.96. The van der Waals surface area contributed by atoms with Crippen molar-refractivity contribution < 1.29 is 9.59 Å². The lowest BCUT2D eigenvalue weighted by molar-refractivity contribution is -0.126. The molecule has 4 rings (SSSR count). The van der Waals surface area contributed by atoms with Crippen LogP contribution in [0.1, 0.15) is 26.2 Å². The van der Waals surface area contributed by atoms with Crippen LogP contribution in [0.15, 0.2) is 33.5 Å². The van der Waals surface area contributed by atoms with Gasteiger partial charge in [0.2, 0.25) is 0 Å². The molecule has 2 heterocycles. The van der Waals surface area contributed by atoms with Crippen molar-refractivity contribution in [3.8, 4) is 0 Å². The van der Waals surface area contributed by atoms with Gasteiger partial charge in [-0.15, -0.1) is 0 Å². The molecule has 0 radical (unpaired) electrons. The van der Waals surface area contributed by atoms with Crippen LogP contribution in [0.4, 0.5) is 4.79 Å². The molecule has 2 aliphatic carbocycles. The topological polar surface area (TPSA) is 61.4 Å². The number of likely N-dealkylation sites (N-methyl/N-ethyl adjacent to an activating group) is 1. The van der Waals surface area contributed by atoms with Crippen LogP contribution in [0.2, 0.25) is 0 Å². The van der Waals surface area contributed by atoms with Gasteiger partial charge in [-0.1, -0.05) is 12.2 Å². The van der Waals surface area contributed by atoms with Gasteiger partial charge in [-0.05, 0) is 52.8 Å². The summed E-state index contributed by atoms with van der Waals surface area (Å²) in [6.07, 6.45) is 6.58. The minimum absolute atomic E-state index is 0.156. The highest BCUT2D eigenvalue weighted by Crippen LogP contribution is 2.52. The van der Waals surface area contributed by atoms with E-state index in [0.29, 0.717) is 24.8 Å². The Morgan fingerprint density at radius 1 is 1.41 bits per heavy atom. The van der Waals surface area contributed by atoms with Gasteiger partial charge in [0.1, 0.15) is 5.54 Å². The van der Waals surface area contributed by atoms with Gasteiger partial charge in [-0.2, -0.15) is 0 Å². The number of rotatable bonds is 0. The molecule has 116 valence electrons. The fourth-order valence-corrected chi connectivity index (χ4v) is 4.93. The highest BCUT2D eigenvalue weighted by atomic mass is 79.9. The average Bonchev–Trinajstić information content (AvgIpc) is 2.96. The van der Waals surface area contributed by atoms with E-state index in [2.05, 4.69) is 45.6 Å². The van der Waals surface area contributed by atoms with Crippen LogP contribution in [0, 0.1) is 5.92 Å². The Hall–Kier alpha value is -1.56. The maximum Gasteiger partial charge on any atom is 0.324 e. The Labute approximate surface area is 137 Å². The molecule has 3 amide bonds. The van der Waals surface area contributed by atoms with Gasteiger partial charge in [0, 0.05) is 24.0 Å². The van der Waals surface area contributed by atoms with E-state index in [9.17, 15) is 9.59 Å². The van der Waals surface area contributed by atoms with Crippen molar-refractivity contribution in [1.82, 2.24) is 15.5 Å². The van der Waals surface area contributed by atoms with Crippen LogP contribution in [0.3, 0.4) is 0 Å². The fraction of sp³-hybridized carbons (Fsp3) is 0.500. The number of carbonyl (C=O) groups excluding carboxylic acids is 2. The first kappa shape index (κ1) is 14.1. The predicted molar refractivity (Wildman–Crippen MR) is 86.1 cm³/mol. The SMILES string of the molecule is CC1C=CC2=C(N1)C(Br)=C1C[C@]3(CC1C2)C(=O)NC(=O)N3C. The Morgan fingerprint density at radius 2 is 2.18 bits per heavy atom. The first-order valence-electron chi connectivity index (χ1n) is 7.58.